The number of rotatable bonds is 4. The molecule has 3 rings (SSSR count). The van der Waals surface area contributed by atoms with Crippen molar-refractivity contribution < 1.29 is 13.7 Å². The lowest BCUT2D eigenvalue weighted by Crippen LogP contribution is -1.97. The molecule has 6 heteroatoms. The first-order chi connectivity index (χ1) is 9.33. The van der Waals surface area contributed by atoms with Crippen molar-refractivity contribution in [3.8, 4) is 17.3 Å². The van der Waals surface area contributed by atoms with E-state index < -0.39 is 0 Å². The van der Waals surface area contributed by atoms with Gasteiger partial charge in [0.15, 0.2) is 12.4 Å². The van der Waals surface area contributed by atoms with Crippen molar-refractivity contribution in [2.24, 2.45) is 0 Å². The van der Waals surface area contributed by atoms with E-state index in [1.807, 2.05) is 24.3 Å². The van der Waals surface area contributed by atoms with Crippen LogP contribution in [-0.4, -0.2) is 10.1 Å². The highest BCUT2D eigenvalue weighted by Crippen LogP contribution is 2.21. The monoisotopic (exact) mass is 368 g/mol. The van der Waals surface area contributed by atoms with E-state index in [4.69, 9.17) is 13.7 Å². The Kier molecular flexibility index (Phi) is 3.49. The van der Waals surface area contributed by atoms with Gasteiger partial charge in [0.2, 0.25) is 5.82 Å². The SMILES string of the molecule is Ic1ccccc1OCc1nc(-c2ccco2)no1. The summed E-state index contributed by atoms with van der Waals surface area (Å²) in [5.74, 6) is 2.20. The van der Waals surface area contributed by atoms with Gasteiger partial charge in [-0.2, -0.15) is 4.98 Å². The Morgan fingerprint density at radius 3 is 2.84 bits per heavy atom. The molecule has 19 heavy (non-hydrogen) atoms. The summed E-state index contributed by atoms with van der Waals surface area (Å²) in [6.45, 7) is 0.230. The van der Waals surface area contributed by atoms with Crippen LogP contribution in [0.4, 0.5) is 0 Å². The first kappa shape index (κ1) is 12.2. The summed E-state index contributed by atoms with van der Waals surface area (Å²) in [4.78, 5) is 4.20. The van der Waals surface area contributed by atoms with Gasteiger partial charge in [-0.1, -0.05) is 17.3 Å². The summed E-state index contributed by atoms with van der Waals surface area (Å²) in [5, 5.41) is 3.83. The molecule has 0 aliphatic carbocycles. The molecule has 0 saturated heterocycles. The van der Waals surface area contributed by atoms with Crippen LogP contribution >= 0.6 is 22.6 Å². The second kappa shape index (κ2) is 5.43. The van der Waals surface area contributed by atoms with Gasteiger partial charge >= 0.3 is 0 Å². The molecule has 0 spiro atoms. The summed E-state index contributed by atoms with van der Waals surface area (Å²) >= 11 is 2.21. The number of nitrogens with zero attached hydrogens (tertiary/aromatic N) is 2. The van der Waals surface area contributed by atoms with Crippen LogP contribution in [-0.2, 0) is 6.61 Å². The maximum atomic E-state index is 5.62. The summed E-state index contributed by atoms with van der Waals surface area (Å²) < 4.78 is 16.9. The number of ether oxygens (including phenoxy) is 1. The lowest BCUT2D eigenvalue weighted by Gasteiger charge is -2.04. The zero-order chi connectivity index (χ0) is 13.1. The summed E-state index contributed by atoms with van der Waals surface area (Å²) in [7, 11) is 0. The van der Waals surface area contributed by atoms with Gasteiger partial charge in [-0.05, 0) is 46.9 Å². The van der Waals surface area contributed by atoms with Crippen LogP contribution in [0.5, 0.6) is 5.75 Å². The molecule has 0 fully saturated rings. The van der Waals surface area contributed by atoms with Crippen LogP contribution in [0.15, 0.2) is 51.6 Å². The van der Waals surface area contributed by atoms with Crippen molar-refractivity contribution in [2.75, 3.05) is 0 Å². The van der Waals surface area contributed by atoms with Gasteiger partial charge in [-0.3, -0.25) is 0 Å². The van der Waals surface area contributed by atoms with Crippen molar-refractivity contribution in [1.29, 1.82) is 0 Å². The Morgan fingerprint density at radius 2 is 2.05 bits per heavy atom. The maximum Gasteiger partial charge on any atom is 0.264 e. The third kappa shape index (κ3) is 2.78. The quantitative estimate of drug-likeness (QED) is 0.660. The molecule has 0 radical (unpaired) electrons. The molecular formula is C13H9IN2O3. The van der Waals surface area contributed by atoms with Crippen molar-refractivity contribution in [2.45, 2.75) is 6.61 Å². The topological polar surface area (TPSA) is 61.3 Å². The van der Waals surface area contributed by atoms with Crippen molar-refractivity contribution in [3.05, 3.63) is 52.1 Å². The van der Waals surface area contributed by atoms with Crippen molar-refractivity contribution in [1.82, 2.24) is 10.1 Å². The van der Waals surface area contributed by atoms with Crippen LogP contribution in [0.1, 0.15) is 5.89 Å². The van der Waals surface area contributed by atoms with Gasteiger partial charge in [0.05, 0.1) is 9.83 Å². The maximum absolute atomic E-state index is 5.62. The smallest absolute Gasteiger partial charge is 0.264 e. The van der Waals surface area contributed by atoms with E-state index >= 15 is 0 Å². The minimum Gasteiger partial charge on any atom is -0.483 e. The standard InChI is InChI=1S/C13H9IN2O3/c14-9-4-1-2-5-10(9)18-8-12-15-13(16-19-12)11-6-3-7-17-11/h1-7H,8H2. The van der Waals surface area contributed by atoms with Gasteiger partial charge in [-0.15, -0.1) is 0 Å². The third-order valence-electron chi connectivity index (χ3n) is 2.40. The molecule has 2 aromatic heterocycles. The predicted octanol–water partition coefficient (Wildman–Crippen LogP) is 3.51. The number of hydrogen-bond acceptors (Lipinski definition) is 5. The summed E-state index contributed by atoms with van der Waals surface area (Å²) in [5.41, 5.74) is 0. The fraction of sp³-hybridized carbons (Fsp3) is 0.0769. The van der Waals surface area contributed by atoms with Crippen LogP contribution in [0.3, 0.4) is 0 Å². The first-order valence-electron chi connectivity index (χ1n) is 5.57. The second-order valence-corrected chi connectivity index (χ2v) is 4.87. The molecule has 5 nitrogen and oxygen atoms in total. The fourth-order valence-electron chi connectivity index (χ4n) is 1.52. The van der Waals surface area contributed by atoms with E-state index in [-0.39, 0.29) is 6.61 Å². The van der Waals surface area contributed by atoms with Gasteiger partial charge in [0.25, 0.3) is 5.89 Å². The third-order valence-corrected chi connectivity index (χ3v) is 3.29. The molecule has 0 amide bonds. The summed E-state index contributed by atoms with van der Waals surface area (Å²) in [6, 6.07) is 11.3. The highest BCUT2D eigenvalue weighted by atomic mass is 127. The summed E-state index contributed by atoms with van der Waals surface area (Å²) in [6.07, 6.45) is 1.56. The molecule has 96 valence electrons. The second-order valence-electron chi connectivity index (χ2n) is 3.71. The molecule has 3 aromatic rings. The van der Waals surface area contributed by atoms with E-state index in [9.17, 15) is 0 Å². The Labute approximate surface area is 122 Å². The number of benzene rings is 1. The number of para-hydroxylation sites is 1. The number of halogens is 1. The largest absolute Gasteiger partial charge is 0.483 e. The van der Waals surface area contributed by atoms with E-state index in [0.29, 0.717) is 17.5 Å². The molecule has 0 aliphatic rings. The lowest BCUT2D eigenvalue weighted by atomic mass is 10.3. The van der Waals surface area contributed by atoms with Gasteiger partial charge in [-0.25, -0.2) is 0 Å². The predicted molar refractivity (Wildman–Crippen MR) is 75.5 cm³/mol. The average molecular weight is 368 g/mol. The molecule has 1 aromatic carbocycles. The highest BCUT2D eigenvalue weighted by Gasteiger charge is 2.11. The zero-order valence-electron chi connectivity index (χ0n) is 9.75. The van der Waals surface area contributed by atoms with Crippen molar-refractivity contribution >= 4 is 22.6 Å². The number of furan rings is 1. The fourth-order valence-corrected chi connectivity index (χ4v) is 2.06. The molecule has 2 heterocycles. The number of aromatic nitrogens is 2. The Balaban J connectivity index is 1.70. The molecule has 0 saturated carbocycles. The average Bonchev–Trinajstić information content (AvgIpc) is 3.09. The van der Waals surface area contributed by atoms with Crippen LogP contribution in [0.25, 0.3) is 11.6 Å². The van der Waals surface area contributed by atoms with Gasteiger partial charge < -0.3 is 13.7 Å². The number of hydrogen-bond donors (Lipinski definition) is 0. The minimum absolute atomic E-state index is 0.230. The Morgan fingerprint density at radius 1 is 1.16 bits per heavy atom. The minimum atomic E-state index is 0.230. The Bertz CT molecular complexity index is 664. The zero-order valence-corrected chi connectivity index (χ0v) is 11.9. The molecule has 0 unspecified atom stereocenters. The van der Waals surface area contributed by atoms with E-state index in [1.54, 1.807) is 18.4 Å². The van der Waals surface area contributed by atoms with Crippen LogP contribution in [0, 0.1) is 3.57 Å². The lowest BCUT2D eigenvalue weighted by molar-refractivity contribution is 0.241. The normalized spacial score (nSPS) is 10.6. The van der Waals surface area contributed by atoms with E-state index in [2.05, 4.69) is 32.7 Å². The van der Waals surface area contributed by atoms with Crippen LogP contribution in [0.2, 0.25) is 0 Å². The van der Waals surface area contributed by atoms with Crippen LogP contribution < -0.4 is 4.74 Å². The van der Waals surface area contributed by atoms with Gasteiger partial charge in [0.1, 0.15) is 5.75 Å². The highest BCUT2D eigenvalue weighted by molar-refractivity contribution is 14.1. The molecule has 0 N–H and O–H groups in total. The molecular weight excluding hydrogens is 359 g/mol. The van der Waals surface area contributed by atoms with E-state index in [1.165, 1.54) is 0 Å². The molecule has 0 atom stereocenters. The first-order valence-corrected chi connectivity index (χ1v) is 6.64. The van der Waals surface area contributed by atoms with Crippen molar-refractivity contribution in [3.63, 3.8) is 0 Å². The van der Waals surface area contributed by atoms with Gasteiger partial charge in [0, 0.05) is 0 Å². The molecule has 0 bridgehead atoms. The van der Waals surface area contributed by atoms with E-state index in [0.717, 1.165) is 9.32 Å². The molecule has 0 aliphatic heterocycles. The Hall–Kier alpha value is -1.83.